The van der Waals surface area contributed by atoms with Crippen molar-refractivity contribution in [2.75, 3.05) is 20.2 Å². The monoisotopic (exact) mass is 219 g/mol. The molecule has 1 aromatic carbocycles. The minimum atomic E-state index is 0.677. The SMILES string of the molecule is CCCNCC1CCc2ccc(OC)cc21. The van der Waals surface area contributed by atoms with Gasteiger partial charge in [0.15, 0.2) is 0 Å². The summed E-state index contributed by atoms with van der Waals surface area (Å²) in [6, 6.07) is 6.50. The van der Waals surface area contributed by atoms with E-state index >= 15 is 0 Å². The van der Waals surface area contributed by atoms with Crippen LogP contribution in [0.25, 0.3) is 0 Å². The van der Waals surface area contributed by atoms with E-state index in [1.165, 1.54) is 30.4 Å². The summed E-state index contributed by atoms with van der Waals surface area (Å²) in [5, 5.41) is 3.51. The van der Waals surface area contributed by atoms with E-state index in [1.807, 2.05) is 0 Å². The van der Waals surface area contributed by atoms with E-state index in [1.54, 1.807) is 7.11 Å². The van der Waals surface area contributed by atoms with Gasteiger partial charge < -0.3 is 10.1 Å². The molecular weight excluding hydrogens is 198 g/mol. The van der Waals surface area contributed by atoms with Crippen LogP contribution in [0.4, 0.5) is 0 Å². The Labute approximate surface area is 98.0 Å². The smallest absolute Gasteiger partial charge is 0.119 e. The molecule has 88 valence electrons. The van der Waals surface area contributed by atoms with Gasteiger partial charge in [-0.2, -0.15) is 0 Å². The lowest BCUT2D eigenvalue weighted by Gasteiger charge is -2.13. The van der Waals surface area contributed by atoms with Gasteiger partial charge in [-0.25, -0.2) is 0 Å². The van der Waals surface area contributed by atoms with Crippen LogP contribution in [0, 0.1) is 0 Å². The molecule has 0 saturated heterocycles. The zero-order valence-electron chi connectivity index (χ0n) is 10.3. The van der Waals surface area contributed by atoms with E-state index in [9.17, 15) is 0 Å². The van der Waals surface area contributed by atoms with E-state index in [-0.39, 0.29) is 0 Å². The van der Waals surface area contributed by atoms with Crippen molar-refractivity contribution in [2.24, 2.45) is 0 Å². The average molecular weight is 219 g/mol. The molecule has 0 bridgehead atoms. The van der Waals surface area contributed by atoms with Crippen molar-refractivity contribution < 1.29 is 4.74 Å². The first kappa shape index (κ1) is 11.5. The molecule has 0 radical (unpaired) electrons. The molecule has 0 saturated carbocycles. The standard InChI is InChI=1S/C14H21NO/c1-3-8-15-10-12-5-4-11-6-7-13(16-2)9-14(11)12/h6-7,9,12,15H,3-5,8,10H2,1-2H3. The Morgan fingerprint density at radius 3 is 3.06 bits per heavy atom. The normalized spacial score (nSPS) is 18.5. The van der Waals surface area contributed by atoms with Gasteiger partial charge in [0, 0.05) is 6.54 Å². The molecule has 1 N–H and O–H groups in total. The summed E-state index contributed by atoms with van der Waals surface area (Å²) in [5.41, 5.74) is 2.99. The van der Waals surface area contributed by atoms with Crippen LogP contribution < -0.4 is 10.1 Å². The Morgan fingerprint density at radius 1 is 1.44 bits per heavy atom. The molecule has 1 aliphatic rings. The van der Waals surface area contributed by atoms with Gasteiger partial charge in [0.2, 0.25) is 0 Å². The number of hydrogen-bond donors (Lipinski definition) is 1. The molecule has 0 aliphatic heterocycles. The fourth-order valence-corrected chi connectivity index (χ4v) is 2.46. The fraction of sp³-hybridized carbons (Fsp3) is 0.571. The number of fused-ring (bicyclic) bond motifs is 1. The Hall–Kier alpha value is -1.02. The average Bonchev–Trinajstić information content (AvgIpc) is 2.72. The molecule has 1 aliphatic carbocycles. The van der Waals surface area contributed by atoms with E-state index in [2.05, 4.69) is 30.4 Å². The second-order valence-electron chi connectivity index (χ2n) is 4.50. The molecule has 2 nitrogen and oxygen atoms in total. The second-order valence-corrected chi connectivity index (χ2v) is 4.50. The third kappa shape index (κ3) is 2.38. The van der Waals surface area contributed by atoms with Crippen LogP contribution in [-0.2, 0) is 6.42 Å². The first-order valence-electron chi connectivity index (χ1n) is 6.22. The highest BCUT2D eigenvalue weighted by atomic mass is 16.5. The van der Waals surface area contributed by atoms with Crippen molar-refractivity contribution in [3.63, 3.8) is 0 Å². The largest absolute Gasteiger partial charge is 0.497 e. The van der Waals surface area contributed by atoms with Crippen LogP contribution in [-0.4, -0.2) is 20.2 Å². The van der Waals surface area contributed by atoms with Crippen molar-refractivity contribution in [1.29, 1.82) is 0 Å². The maximum atomic E-state index is 5.29. The van der Waals surface area contributed by atoms with Gasteiger partial charge in [-0.3, -0.25) is 0 Å². The summed E-state index contributed by atoms with van der Waals surface area (Å²) in [7, 11) is 1.74. The topological polar surface area (TPSA) is 21.3 Å². The zero-order chi connectivity index (χ0) is 11.4. The number of hydrogen-bond acceptors (Lipinski definition) is 2. The lowest BCUT2D eigenvalue weighted by atomic mass is 10.0. The molecule has 2 heteroatoms. The lowest BCUT2D eigenvalue weighted by Crippen LogP contribution is -2.21. The van der Waals surface area contributed by atoms with Crippen molar-refractivity contribution >= 4 is 0 Å². The van der Waals surface area contributed by atoms with Gasteiger partial charge in [-0.15, -0.1) is 0 Å². The summed E-state index contributed by atoms with van der Waals surface area (Å²) in [6.07, 6.45) is 3.70. The Kier molecular flexibility index (Phi) is 3.83. The number of methoxy groups -OCH3 is 1. The van der Waals surface area contributed by atoms with Crippen molar-refractivity contribution in [2.45, 2.75) is 32.1 Å². The molecule has 0 aromatic heterocycles. The number of nitrogens with one attached hydrogen (secondary N) is 1. The van der Waals surface area contributed by atoms with Gasteiger partial charge in [-0.1, -0.05) is 13.0 Å². The van der Waals surface area contributed by atoms with Gasteiger partial charge in [0.1, 0.15) is 5.75 Å². The summed E-state index contributed by atoms with van der Waals surface area (Å²) in [5.74, 6) is 1.66. The predicted molar refractivity (Wildman–Crippen MR) is 67.2 cm³/mol. The molecule has 2 rings (SSSR count). The molecule has 1 atom stereocenters. The number of ether oxygens (including phenoxy) is 1. The Balaban J connectivity index is 2.05. The van der Waals surface area contributed by atoms with E-state index in [4.69, 9.17) is 4.74 Å². The van der Waals surface area contributed by atoms with E-state index in [0.29, 0.717) is 5.92 Å². The lowest BCUT2D eigenvalue weighted by molar-refractivity contribution is 0.414. The highest BCUT2D eigenvalue weighted by molar-refractivity contribution is 5.41. The first-order valence-corrected chi connectivity index (χ1v) is 6.22. The predicted octanol–water partition coefficient (Wildman–Crippen LogP) is 2.72. The Bertz CT molecular complexity index is 349. The molecule has 0 heterocycles. The quantitative estimate of drug-likeness (QED) is 0.769. The number of aryl methyl sites for hydroxylation is 1. The van der Waals surface area contributed by atoms with Crippen LogP contribution in [0.3, 0.4) is 0 Å². The summed E-state index contributed by atoms with van der Waals surface area (Å²) >= 11 is 0. The van der Waals surface area contributed by atoms with Crippen LogP contribution in [0.15, 0.2) is 18.2 Å². The summed E-state index contributed by atoms with van der Waals surface area (Å²) in [6.45, 7) is 4.43. The molecule has 0 amide bonds. The highest BCUT2D eigenvalue weighted by Crippen LogP contribution is 2.34. The van der Waals surface area contributed by atoms with Crippen LogP contribution in [0.5, 0.6) is 5.75 Å². The molecule has 16 heavy (non-hydrogen) atoms. The minimum Gasteiger partial charge on any atom is -0.497 e. The molecule has 1 aromatic rings. The summed E-state index contributed by atoms with van der Waals surface area (Å²) in [4.78, 5) is 0. The maximum absolute atomic E-state index is 5.29. The number of benzene rings is 1. The number of rotatable bonds is 5. The first-order chi connectivity index (χ1) is 7.85. The van der Waals surface area contributed by atoms with Crippen LogP contribution >= 0.6 is 0 Å². The molecular formula is C14H21NO. The van der Waals surface area contributed by atoms with Gasteiger partial charge in [0.25, 0.3) is 0 Å². The summed E-state index contributed by atoms with van der Waals surface area (Å²) < 4.78 is 5.29. The minimum absolute atomic E-state index is 0.677. The van der Waals surface area contributed by atoms with E-state index in [0.717, 1.165) is 18.8 Å². The Morgan fingerprint density at radius 2 is 2.31 bits per heavy atom. The second kappa shape index (κ2) is 5.35. The van der Waals surface area contributed by atoms with Crippen LogP contribution in [0.1, 0.15) is 36.8 Å². The fourth-order valence-electron chi connectivity index (χ4n) is 2.46. The molecule has 0 fully saturated rings. The van der Waals surface area contributed by atoms with Crippen molar-refractivity contribution in [3.05, 3.63) is 29.3 Å². The molecule has 1 unspecified atom stereocenters. The van der Waals surface area contributed by atoms with Gasteiger partial charge in [0.05, 0.1) is 7.11 Å². The van der Waals surface area contributed by atoms with Gasteiger partial charge >= 0.3 is 0 Å². The zero-order valence-corrected chi connectivity index (χ0v) is 10.3. The highest BCUT2D eigenvalue weighted by Gasteiger charge is 2.22. The molecule has 0 spiro atoms. The van der Waals surface area contributed by atoms with E-state index < -0.39 is 0 Å². The van der Waals surface area contributed by atoms with Gasteiger partial charge in [-0.05, 0) is 55.0 Å². The third-order valence-corrected chi connectivity index (χ3v) is 3.37. The third-order valence-electron chi connectivity index (χ3n) is 3.37. The van der Waals surface area contributed by atoms with Crippen molar-refractivity contribution in [3.8, 4) is 5.75 Å². The maximum Gasteiger partial charge on any atom is 0.119 e. The van der Waals surface area contributed by atoms with Crippen molar-refractivity contribution in [1.82, 2.24) is 5.32 Å². The van der Waals surface area contributed by atoms with Crippen LogP contribution in [0.2, 0.25) is 0 Å².